The Morgan fingerprint density at radius 3 is 3.22 bits per heavy atom. The predicted octanol–water partition coefficient (Wildman–Crippen LogP) is -0.101. The minimum absolute atomic E-state index is 0.0197. The van der Waals surface area contributed by atoms with Crippen LogP contribution in [-0.2, 0) is 14.2 Å². The van der Waals surface area contributed by atoms with Crippen molar-refractivity contribution in [3.05, 3.63) is 0 Å². The zero-order valence-electron chi connectivity index (χ0n) is 4.95. The summed E-state index contributed by atoms with van der Waals surface area (Å²) in [6.07, 6.45) is 2.11. The van der Waals surface area contributed by atoms with Crippen molar-refractivity contribution < 1.29 is 14.2 Å². The maximum atomic E-state index is 5.40. The Bertz CT molecular complexity index is 145. The fourth-order valence-corrected chi connectivity index (χ4v) is 1.61. The lowest BCUT2D eigenvalue weighted by Crippen LogP contribution is -2.26. The first-order valence-corrected chi connectivity index (χ1v) is 3.36. The first kappa shape index (κ1) is 4.66. The molecule has 3 saturated heterocycles. The molecule has 3 heterocycles. The summed E-state index contributed by atoms with van der Waals surface area (Å²) in [5.41, 5.74) is 0. The van der Waals surface area contributed by atoms with E-state index in [1.165, 1.54) is 0 Å². The summed E-state index contributed by atoms with van der Waals surface area (Å²) in [4.78, 5) is 0. The number of epoxide rings is 1. The maximum absolute atomic E-state index is 5.40. The Morgan fingerprint density at radius 1 is 1.22 bits per heavy atom. The molecule has 0 aliphatic carbocycles. The van der Waals surface area contributed by atoms with Crippen LogP contribution in [0.1, 0.15) is 6.42 Å². The van der Waals surface area contributed by atoms with Gasteiger partial charge in [-0.25, -0.2) is 0 Å². The Labute approximate surface area is 52.9 Å². The lowest BCUT2D eigenvalue weighted by Gasteiger charge is -2.12. The van der Waals surface area contributed by atoms with Crippen LogP contribution in [0.5, 0.6) is 0 Å². The van der Waals surface area contributed by atoms with Crippen molar-refractivity contribution in [2.45, 2.75) is 31.0 Å². The molecule has 0 radical (unpaired) electrons. The van der Waals surface area contributed by atoms with E-state index in [4.69, 9.17) is 14.2 Å². The molecule has 9 heavy (non-hydrogen) atoms. The molecule has 3 fully saturated rings. The molecule has 4 atom stereocenters. The van der Waals surface area contributed by atoms with Crippen LogP contribution in [0.4, 0.5) is 0 Å². The van der Waals surface area contributed by atoms with E-state index in [1.807, 2.05) is 0 Å². The second kappa shape index (κ2) is 1.31. The van der Waals surface area contributed by atoms with E-state index in [1.54, 1.807) is 0 Å². The Morgan fingerprint density at radius 2 is 2.22 bits per heavy atom. The van der Waals surface area contributed by atoms with Gasteiger partial charge in [0, 0.05) is 6.42 Å². The van der Waals surface area contributed by atoms with Crippen molar-refractivity contribution in [1.29, 1.82) is 0 Å². The summed E-state index contributed by atoms with van der Waals surface area (Å²) in [5, 5.41) is 0. The van der Waals surface area contributed by atoms with Gasteiger partial charge in [-0.3, -0.25) is 0 Å². The number of ether oxygens (including phenoxy) is 3. The molecule has 50 valence electrons. The molecule has 0 aromatic carbocycles. The van der Waals surface area contributed by atoms with Gasteiger partial charge in [0.25, 0.3) is 0 Å². The van der Waals surface area contributed by atoms with Gasteiger partial charge in [-0.1, -0.05) is 0 Å². The van der Waals surface area contributed by atoms with Crippen LogP contribution >= 0.6 is 0 Å². The molecule has 0 saturated carbocycles. The molecule has 3 nitrogen and oxygen atoms in total. The van der Waals surface area contributed by atoms with Crippen LogP contribution in [0, 0.1) is 0 Å². The third kappa shape index (κ3) is 0.520. The number of hydrogen-bond acceptors (Lipinski definition) is 3. The Hall–Kier alpha value is -0.120. The molecule has 0 spiro atoms. The van der Waals surface area contributed by atoms with Crippen molar-refractivity contribution >= 4 is 0 Å². The average Bonchev–Trinajstić information content (AvgIpc) is 2.50. The highest BCUT2D eigenvalue weighted by molar-refractivity contribution is 4.97. The second-order valence-corrected chi connectivity index (χ2v) is 2.83. The largest absolute Gasteiger partial charge is 0.364 e. The quantitative estimate of drug-likeness (QED) is 0.427. The van der Waals surface area contributed by atoms with Crippen LogP contribution in [-0.4, -0.2) is 31.2 Å². The van der Waals surface area contributed by atoms with Gasteiger partial charge in [0.05, 0.1) is 18.8 Å². The van der Waals surface area contributed by atoms with Crippen LogP contribution in [0.2, 0.25) is 0 Å². The Balaban J connectivity index is 1.90. The molecular formula is C6H8O3. The van der Waals surface area contributed by atoms with Crippen molar-refractivity contribution in [2.75, 3.05) is 6.61 Å². The molecule has 3 aliphatic rings. The summed E-state index contributed by atoms with van der Waals surface area (Å²) >= 11 is 0. The molecule has 0 N–H and O–H groups in total. The minimum Gasteiger partial charge on any atom is -0.364 e. The molecule has 0 aromatic heterocycles. The highest BCUT2D eigenvalue weighted by atomic mass is 16.8. The van der Waals surface area contributed by atoms with E-state index in [2.05, 4.69) is 0 Å². The number of hydrogen-bond donors (Lipinski definition) is 0. The van der Waals surface area contributed by atoms with E-state index < -0.39 is 0 Å². The summed E-state index contributed by atoms with van der Waals surface area (Å²) in [6, 6.07) is 0. The van der Waals surface area contributed by atoms with E-state index in [0.29, 0.717) is 12.2 Å². The normalized spacial score (nSPS) is 61.3. The molecular weight excluding hydrogens is 120 g/mol. The SMILES string of the molecule is C1O[C@@H]2OC1C[C@H]1OC21. The maximum Gasteiger partial charge on any atom is 0.186 e. The van der Waals surface area contributed by atoms with Crippen LogP contribution in [0.15, 0.2) is 0 Å². The minimum atomic E-state index is -0.0197. The van der Waals surface area contributed by atoms with Crippen molar-refractivity contribution in [2.24, 2.45) is 0 Å². The summed E-state index contributed by atoms with van der Waals surface area (Å²) in [5.74, 6) is 0. The van der Waals surface area contributed by atoms with Gasteiger partial charge in [-0.2, -0.15) is 0 Å². The lowest BCUT2D eigenvalue weighted by atomic mass is 10.1. The molecule has 3 rings (SSSR count). The van der Waals surface area contributed by atoms with E-state index in [0.717, 1.165) is 13.0 Å². The fraction of sp³-hybridized carbons (Fsp3) is 1.00. The van der Waals surface area contributed by atoms with Gasteiger partial charge in [-0.15, -0.1) is 0 Å². The molecule has 2 unspecified atom stereocenters. The second-order valence-electron chi connectivity index (χ2n) is 2.83. The average molecular weight is 128 g/mol. The van der Waals surface area contributed by atoms with Gasteiger partial charge in [0.1, 0.15) is 6.10 Å². The van der Waals surface area contributed by atoms with Crippen molar-refractivity contribution in [1.82, 2.24) is 0 Å². The zero-order valence-corrected chi connectivity index (χ0v) is 4.95. The zero-order chi connectivity index (χ0) is 5.84. The standard InChI is InChI=1S/C6H8O3/c1-3-2-7-6(8-3)5-4(1)9-5/h3-6H,1-2H2/t3?,4-,5?,6-/m1/s1. The lowest BCUT2D eigenvalue weighted by molar-refractivity contribution is -0.0784. The number of rotatable bonds is 0. The summed E-state index contributed by atoms with van der Waals surface area (Å²) in [6.45, 7) is 0.779. The van der Waals surface area contributed by atoms with Gasteiger partial charge < -0.3 is 14.2 Å². The van der Waals surface area contributed by atoms with E-state index >= 15 is 0 Å². The van der Waals surface area contributed by atoms with Crippen molar-refractivity contribution in [3.8, 4) is 0 Å². The first-order valence-electron chi connectivity index (χ1n) is 3.36. The Kier molecular flexibility index (Phi) is 0.678. The van der Waals surface area contributed by atoms with Gasteiger partial charge in [0.15, 0.2) is 6.29 Å². The third-order valence-electron chi connectivity index (χ3n) is 2.16. The summed E-state index contributed by atoms with van der Waals surface area (Å²) < 4.78 is 15.9. The molecule has 2 bridgehead atoms. The van der Waals surface area contributed by atoms with E-state index in [-0.39, 0.29) is 12.4 Å². The monoisotopic (exact) mass is 128 g/mol. The number of fused-ring (bicyclic) bond motifs is 4. The molecule has 3 aliphatic heterocycles. The van der Waals surface area contributed by atoms with Crippen molar-refractivity contribution in [3.63, 3.8) is 0 Å². The van der Waals surface area contributed by atoms with E-state index in [9.17, 15) is 0 Å². The molecule has 0 amide bonds. The highest BCUT2D eigenvalue weighted by Crippen LogP contribution is 2.40. The van der Waals surface area contributed by atoms with Crippen LogP contribution < -0.4 is 0 Å². The van der Waals surface area contributed by atoms with Crippen LogP contribution in [0.25, 0.3) is 0 Å². The molecule has 0 aromatic rings. The summed E-state index contributed by atoms with van der Waals surface area (Å²) in [7, 11) is 0. The van der Waals surface area contributed by atoms with Gasteiger partial charge >= 0.3 is 0 Å². The molecule has 3 heteroatoms. The smallest absolute Gasteiger partial charge is 0.186 e. The topological polar surface area (TPSA) is 31.0 Å². The van der Waals surface area contributed by atoms with Gasteiger partial charge in [0.2, 0.25) is 0 Å². The van der Waals surface area contributed by atoms with Crippen LogP contribution in [0.3, 0.4) is 0 Å². The first-order chi connectivity index (χ1) is 4.43. The highest BCUT2D eigenvalue weighted by Gasteiger charge is 2.55. The fourth-order valence-electron chi connectivity index (χ4n) is 1.61. The van der Waals surface area contributed by atoms with Gasteiger partial charge in [-0.05, 0) is 0 Å². The third-order valence-corrected chi connectivity index (χ3v) is 2.16. The predicted molar refractivity (Wildman–Crippen MR) is 27.9 cm³/mol.